The Hall–Kier alpha value is -1.59. The Balaban J connectivity index is 1.74. The average Bonchev–Trinajstić information content (AvgIpc) is 2.89. The van der Waals surface area contributed by atoms with E-state index in [4.69, 9.17) is 9.47 Å². The fourth-order valence-corrected chi connectivity index (χ4v) is 5.93. The lowest BCUT2D eigenvalue weighted by molar-refractivity contribution is -0.132. The molecule has 128 valence electrons. The van der Waals surface area contributed by atoms with E-state index >= 15 is 0 Å². The highest BCUT2D eigenvalue weighted by molar-refractivity contribution is 5.72. The number of hydrogen-bond donors (Lipinski definition) is 1. The molecule has 2 bridgehead atoms. The van der Waals surface area contributed by atoms with E-state index in [0.29, 0.717) is 23.5 Å². The second-order valence-electron chi connectivity index (χ2n) is 7.85. The van der Waals surface area contributed by atoms with Crippen molar-refractivity contribution in [2.24, 2.45) is 5.92 Å². The third-order valence-electron chi connectivity index (χ3n) is 6.80. The van der Waals surface area contributed by atoms with Crippen LogP contribution in [0.15, 0.2) is 12.1 Å². The van der Waals surface area contributed by atoms with E-state index in [1.165, 1.54) is 18.1 Å². The highest BCUT2D eigenvalue weighted by atomic mass is 16.6. The number of likely N-dealkylation sites (N-methyl/N-ethyl adjacent to an activating group) is 1. The molecule has 2 fully saturated rings. The first-order valence-electron chi connectivity index (χ1n) is 8.92. The minimum absolute atomic E-state index is 0.117. The molecule has 5 rings (SSSR count). The smallest absolute Gasteiger partial charge is 0.308 e. The summed E-state index contributed by atoms with van der Waals surface area (Å²) < 4.78 is 11.7. The Morgan fingerprint density at radius 3 is 3.04 bits per heavy atom. The van der Waals surface area contributed by atoms with Gasteiger partial charge >= 0.3 is 5.97 Å². The van der Waals surface area contributed by atoms with Crippen LogP contribution in [0.5, 0.6) is 11.5 Å². The van der Waals surface area contributed by atoms with Crippen LogP contribution in [0.1, 0.15) is 37.3 Å². The molecule has 0 radical (unpaired) electrons. The predicted molar refractivity (Wildman–Crippen MR) is 87.3 cm³/mol. The van der Waals surface area contributed by atoms with Crippen LogP contribution in [-0.4, -0.2) is 47.8 Å². The Morgan fingerprint density at radius 2 is 2.25 bits per heavy atom. The van der Waals surface area contributed by atoms with Crippen LogP contribution in [0, 0.1) is 5.92 Å². The highest BCUT2D eigenvalue weighted by Gasteiger charge is 2.65. The van der Waals surface area contributed by atoms with Gasteiger partial charge in [0.25, 0.3) is 0 Å². The van der Waals surface area contributed by atoms with Crippen molar-refractivity contribution in [1.29, 1.82) is 0 Å². The minimum atomic E-state index is -0.450. The van der Waals surface area contributed by atoms with Crippen molar-refractivity contribution >= 4 is 5.97 Å². The van der Waals surface area contributed by atoms with Gasteiger partial charge in [-0.05, 0) is 56.8 Å². The summed E-state index contributed by atoms with van der Waals surface area (Å²) in [4.78, 5) is 14.0. The van der Waals surface area contributed by atoms with Gasteiger partial charge in [0.2, 0.25) is 0 Å². The van der Waals surface area contributed by atoms with E-state index in [1.54, 1.807) is 0 Å². The molecule has 1 N–H and O–H groups in total. The first-order valence-corrected chi connectivity index (χ1v) is 8.92. The Morgan fingerprint density at radius 1 is 1.42 bits per heavy atom. The van der Waals surface area contributed by atoms with E-state index in [0.717, 1.165) is 32.2 Å². The van der Waals surface area contributed by atoms with Crippen molar-refractivity contribution in [1.82, 2.24) is 4.90 Å². The third kappa shape index (κ3) is 1.64. The van der Waals surface area contributed by atoms with Crippen LogP contribution in [0.2, 0.25) is 0 Å². The van der Waals surface area contributed by atoms with E-state index in [9.17, 15) is 9.90 Å². The first kappa shape index (κ1) is 14.7. The Kier molecular flexibility index (Phi) is 2.90. The minimum Gasteiger partial charge on any atom is -0.483 e. The number of esters is 1. The van der Waals surface area contributed by atoms with Crippen LogP contribution >= 0.6 is 0 Å². The molecule has 5 atom stereocenters. The summed E-state index contributed by atoms with van der Waals surface area (Å²) >= 11 is 0. The van der Waals surface area contributed by atoms with Gasteiger partial charge in [-0.1, -0.05) is 6.07 Å². The molecule has 0 amide bonds. The van der Waals surface area contributed by atoms with Gasteiger partial charge in [-0.25, -0.2) is 0 Å². The number of piperidine rings is 1. The summed E-state index contributed by atoms with van der Waals surface area (Å²) in [6, 6.07) is 4.45. The molecular formula is C19H23NO4. The lowest BCUT2D eigenvalue weighted by atomic mass is 9.51. The second kappa shape index (κ2) is 4.73. The Bertz CT molecular complexity index is 732. The number of likely N-dealkylation sites (tertiary alicyclic amines) is 1. The maximum absolute atomic E-state index is 11.5. The molecule has 1 aromatic carbocycles. The number of rotatable bonds is 1. The number of ether oxygens (including phenoxy) is 2. The van der Waals surface area contributed by atoms with E-state index in [1.807, 2.05) is 6.07 Å². The molecule has 0 aromatic heterocycles. The van der Waals surface area contributed by atoms with Crippen LogP contribution in [0.25, 0.3) is 0 Å². The van der Waals surface area contributed by atoms with Crippen molar-refractivity contribution in [3.63, 3.8) is 0 Å². The second-order valence-corrected chi connectivity index (χ2v) is 7.85. The van der Waals surface area contributed by atoms with Gasteiger partial charge in [0.05, 0.1) is 6.10 Å². The summed E-state index contributed by atoms with van der Waals surface area (Å²) in [5.41, 5.74) is 2.40. The van der Waals surface area contributed by atoms with Crippen molar-refractivity contribution in [3.05, 3.63) is 23.3 Å². The normalized spacial score (nSPS) is 39.1. The molecule has 2 aliphatic carbocycles. The number of nitrogens with zero attached hydrogens (tertiary/aromatic N) is 1. The van der Waals surface area contributed by atoms with Crippen molar-refractivity contribution in [2.75, 3.05) is 13.6 Å². The highest BCUT2D eigenvalue weighted by Crippen LogP contribution is 2.63. The molecule has 1 saturated heterocycles. The summed E-state index contributed by atoms with van der Waals surface area (Å²) in [6.07, 6.45) is 3.17. The molecule has 5 nitrogen and oxygen atoms in total. The standard InChI is InChI=1S/C19H23NO4/c1-10(21)23-15-6-3-11-9-13-12-4-5-14(22)18-19(12,7-8-20(13)2)16(11)17(15)24-18/h3,6,12-14,18,22H,4-5,7-9H2,1-2H3. The van der Waals surface area contributed by atoms with Gasteiger partial charge in [0.15, 0.2) is 11.5 Å². The van der Waals surface area contributed by atoms with Gasteiger partial charge in [0.1, 0.15) is 6.10 Å². The lowest BCUT2D eigenvalue weighted by Crippen LogP contribution is -2.66. The molecular weight excluding hydrogens is 306 g/mol. The molecule has 4 aliphatic rings. The van der Waals surface area contributed by atoms with Crippen molar-refractivity contribution in [2.45, 2.75) is 56.3 Å². The summed E-state index contributed by atoms with van der Waals surface area (Å²) in [5, 5.41) is 10.7. The topological polar surface area (TPSA) is 59.0 Å². The monoisotopic (exact) mass is 329 g/mol. The zero-order valence-corrected chi connectivity index (χ0v) is 14.1. The van der Waals surface area contributed by atoms with E-state index in [2.05, 4.69) is 18.0 Å². The Labute approximate surface area is 141 Å². The summed E-state index contributed by atoms with van der Waals surface area (Å²) in [5.74, 6) is 1.39. The first-order chi connectivity index (χ1) is 11.5. The van der Waals surface area contributed by atoms with E-state index < -0.39 is 6.10 Å². The largest absolute Gasteiger partial charge is 0.483 e. The maximum atomic E-state index is 11.5. The summed E-state index contributed by atoms with van der Waals surface area (Å²) in [6.45, 7) is 2.43. The zero-order chi connectivity index (χ0) is 16.6. The van der Waals surface area contributed by atoms with Crippen LogP contribution in [0.3, 0.4) is 0 Å². The number of aliphatic hydroxyl groups is 1. The summed E-state index contributed by atoms with van der Waals surface area (Å²) in [7, 11) is 2.21. The SMILES string of the molecule is CC(=O)Oc1ccc2c3c1OC1C(O)CCC4C(C2)N(C)CCC341. The number of aliphatic hydroxyl groups excluding tert-OH is 1. The molecule has 1 spiro atoms. The molecule has 5 unspecified atom stereocenters. The zero-order valence-electron chi connectivity index (χ0n) is 14.1. The van der Waals surface area contributed by atoms with Gasteiger partial charge in [-0.15, -0.1) is 0 Å². The third-order valence-corrected chi connectivity index (χ3v) is 6.80. The number of carbonyl (C=O) groups excluding carboxylic acids is 1. The quantitative estimate of drug-likeness (QED) is 0.627. The number of benzene rings is 1. The fourth-order valence-electron chi connectivity index (χ4n) is 5.93. The van der Waals surface area contributed by atoms with Gasteiger partial charge in [0, 0.05) is 23.9 Å². The number of carbonyl (C=O) groups is 1. The molecule has 1 aromatic rings. The van der Waals surface area contributed by atoms with Gasteiger partial charge < -0.3 is 19.5 Å². The average molecular weight is 329 g/mol. The van der Waals surface area contributed by atoms with Crippen LogP contribution in [0.4, 0.5) is 0 Å². The molecule has 2 heterocycles. The van der Waals surface area contributed by atoms with Crippen molar-refractivity contribution in [3.8, 4) is 11.5 Å². The van der Waals surface area contributed by atoms with E-state index in [-0.39, 0.29) is 17.5 Å². The van der Waals surface area contributed by atoms with Gasteiger partial charge in [-0.2, -0.15) is 0 Å². The van der Waals surface area contributed by atoms with Crippen LogP contribution < -0.4 is 9.47 Å². The molecule has 24 heavy (non-hydrogen) atoms. The predicted octanol–water partition coefficient (Wildman–Crippen LogP) is 1.64. The maximum Gasteiger partial charge on any atom is 0.308 e. The fraction of sp³-hybridized carbons (Fsp3) is 0.632. The molecule has 2 aliphatic heterocycles. The van der Waals surface area contributed by atoms with Crippen molar-refractivity contribution < 1.29 is 19.4 Å². The van der Waals surface area contributed by atoms with Gasteiger partial charge in [-0.3, -0.25) is 4.79 Å². The van der Waals surface area contributed by atoms with Crippen LogP contribution in [-0.2, 0) is 16.6 Å². The number of hydrogen-bond acceptors (Lipinski definition) is 5. The lowest BCUT2D eigenvalue weighted by Gasteiger charge is -2.58. The molecule has 1 saturated carbocycles. The molecule has 5 heteroatoms.